The molecule has 9 nitrogen and oxygen atoms in total. The van der Waals surface area contributed by atoms with Crippen molar-refractivity contribution in [3.8, 4) is 17.3 Å². The van der Waals surface area contributed by atoms with Crippen LogP contribution in [0.15, 0.2) is 83.1 Å². The third kappa shape index (κ3) is 8.10. The van der Waals surface area contributed by atoms with Crippen LogP contribution in [-0.4, -0.2) is 42.2 Å². The molecule has 208 valence electrons. The second-order valence-corrected chi connectivity index (χ2v) is 9.86. The average Bonchev–Trinajstić information content (AvgIpc) is 3.62. The van der Waals surface area contributed by atoms with E-state index in [9.17, 15) is 14.9 Å². The molecule has 0 aliphatic rings. The van der Waals surface area contributed by atoms with E-state index in [2.05, 4.69) is 28.4 Å². The lowest BCUT2D eigenvalue weighted by molar-refractivity contribution is -0.121. The number of aromatic nitrogens is 1. The number of rotatable bonds is 15. The molecule has 0 saturated carbocycles. The Labute approximate surface area is 237 Å². The number of hydrogen-bond donors (Lipinski definition) is 3. The molecule has 2 heterocycles. The van der Waals surface area contributed by atoms with E-state index in [-0.39, 0.29) is 18.9 Å². The van der Waals surface area contributed by atoms with Gasteiger partial charge in [0.05, 0.1) is 11.6 Å². The first-order valence-corrected chi connectivity index (χ1v) is 13.5. The maximum Gasteiger partial charge on any atom is 0.247 e. The highest BCUT2D eigenvalue weighted by Crippen LogP contribution is 2.38. The fourth-order valence-corrected chi connectivity index (χ4v) is 4.90. The Balaban J connectivity index is 1.68. The topological polar surface area (TPSA) is 137 Å². The summed E-state index contributed by atoms with van der Waals surface area (Å²) in [6, 6.07) is 14.8. The Hall–Kier alpha value is -4.30. The van der Waals surface area contributed by atoms with Gasteiger partial charge in [-0.05, 0) is 38.3 Å². The third-order valence-electron chi connectivity index (χ3n) is 5.96. The molecule has 2 atom stereocenters. The zero-order chi connectivity index (χ0) is 28.9. The maximum absolute atomic E-state index is 12.2. The second-order valence-electron chi connectivity index (χ2n) is 8.78. The summed E-state index contributed by atoms with van der Waals surface area (Å²) in [4.78, 5) is 24.0. The first kappa shape index (κ1) is 30.2. The number of methoxy groups -OCH3 is 1. The number of benzene rings is 1. The summed E-state index contributed by atoms with van der Waals surface area (Å²) in [7, 11) is 1.57. The predicted octanol–water partition coefficient (Wildman–Crippen LogP) is 5.28. The van der Waals surface area contributed by atoms with E-state index < -0.39 is 12.1 Å². The first-order chi connectivity index (χ1) is 19.4. The molecule has 1 aromatic carbocycles. The van der Waals surface area contributed by atoms with Gasteiger partial charge in [-0.1, -0.05) is 54.2 Å². The van der Waals surface area contributed by atoms with Crippen molar-refractivity contribution in [1.29, 1.82) is 5.26 Å². The number of nitriles is 1. The molecule has 0 aliphatic carbocycles. The SMILES string of the molecule is C=C/C(=C\CC/C=C(\C)C(=O)NC(C=O)CCO)Nc1sc(C(OC)c2cc(-c3ccccc3)no2)cc1C#N. The number of ether oxygens (including phenoxy) is 1. The largest absolute Gasteiger partial charge is 0.396 e. The summed E-state index contributed by atoms with van der Waals surface area (Å²) in [6.07, 6.45) is 6.79. The Morgan fingerprint density at radius 1 is 1.27 bits per heavy atom. The quantitative estimate of drug-likeness (QED) is 0.0987. The van der Waals surface area contributed by atoms with Crippen LogP contribution in [0.25, 0.3) is 11.3 Å². The molecule has 3 N–H and O–H groups in total. The van der Waals surface area contributed by atoms with Crippen LogP contribution in [0.2, 0.25) is 0 Å². The minimum Gasteiger partial charge on any atom is -0.396 e. The van der Waals surface area contributed by atoms with Gasteiger partial charge < -0.3 is 29.8 Å². The molecule has 0 spiro atoms. The van der Waals surface area contributed by atoms with Crippen molar-refractivity contribution in [2.24, 2.45) is 0 Å². The van der Waals surface area contributed by atoms with Gasteiger partial charge in [0.15, 0.2) is 11.9 Å². The van der Waals surface area contributed by atoms with Gasteiger partial charge in [-0.25, -0.2) is 0 Å². The molecule has 0 radical (unpaired) electrons. The van der Waals surface area contributed by atoms with E-state index in [1.165, 1.54) is 11.3 Å². The number of allylic oxidation sites excluding steroid dienone is 3. The van der Waals surface area contributed by atoms with Crippen LogP contribution in [-0.2, 0) is 14.3 Å². The lowest BCUT2D eigenvalue weighted by atomic mass is 10.1. The van der Waals surface area contributed by atoms with Gasteiger partial charge in [0, 0.05) is 41.5 Å². The highest BCUT2D eigenvalue weighted by atomic mass is 32.1. The lowest BCUT2D eigenvalue weighted by Crippen LogP contribution is -2.37. The smallest absolute Gasteiger partial charge is 0.247 e. The van der Waals surface area contributed by atoms with Crippen LogP contribution >= 0.6 is 11.3 Å². The highest BCUT2D eigenvalue weighted by molar-refractivity contribution is 7.16. The van der Waals surface area contributed by atoms with Crippen LogP contribution < -0.4 is 10.6 Å². The van der Waals surface area contributed by atoms with Crippen molar-refractivity contribution in [2.75, 3.05) is 19.0 Å². The highest BCUT2D eigenvalue weighted by Gasteiger charge is 2.23. The zero-order valence-corrected chi connectivity index (χ0v) is 23.2. The van der Waals surface area contributed by atoms with Gasteiger partial charge in [-0.2, -0.15) is 5.26 Å². The number of carbonyl (C=O) groups is 2. The van der Waals surface area contributed by atoms with Crippen LogP contribution in [0, 0.1) is 11.3 Å². The summed E-state index contributed by atoms with van der Waals surface area (Å²) in [6.45, 7) is 5.35. The average molecular weight is 561 g/mol. The molecule has 1 amide bonds. The summed E-state index contributed by atoms with van der Waals surface area (Å²) in [5.41, 5.74) is 3.27. The molecule has 10 heteroatoms. The van der Waals surface area contributed by atoms with Crippen molar-refractivity contribution < 1.29 is 24.0 Å². The number of nitrogens with zero attached hydrogens (tertiary/aromatic N) is 2. The molecule has 0 saturated heterocycles. The number of aldehydes is 1. The van der Waals surface area contributed by atoms with Crippen molar-refractivity contribution >= 4 is 28.5 Å². The Bertz CT molecular complexity index is 1400. The molecule has 3 aromatic rings. The molecule has 2 unspecified atom stereocenters. The van der Waals surface area contributed by atoms with Gasteiger partial charge in [0.1, 0.15) is 23.1 Å². The van der Waals surface area contributed by atoms with Crippen LogP contribution in [0.4, 0.5) is 5.00 Å². The summed E-state index contributed by atoms with van der Waals surface area (Å²) < 4.78 is 11.3. The molecular weight excluding hydrogens is 528 g/mol. The Kier molecular flexibility index (Phi) is 11.6. The van der Waals surface area contributed by atoms with Crippen LogP contribution in [0.1, 0.15) is 48.5 Å². The van der Waals surface area contributed by atoms with Gasteiger partial charge in [0.2, 0.25) is 5.91 Å². The van der Waals surface area contributed by atoms with E-state index >= 15 is 0 Å². The predicted molar refractivity (Wildman–Crippen MR) is 154 cm³/mol. The van der Waals surface area contributed by atoms with E-state index in [0.29, 0.717) is 52.4 Å². The maximum atomic E-state index is 12.2. The Morgan fingerprint density at radius 3 is 2.67 bits per heavy atom. The van der Waals surface area contributed by atoms with E-state index in [4.69, 9.17) is 14.4 Å². The third-order valence-corrected chi connectivity index (χ3v) is 7.05. The molecule has 0 aliphatic heterocycles. The number of anilines is 1. The minimum atomic E-state index is -0.713. The second kappa shape index (κ2) is 15.3. The van der Waals surface area contributed by atoms with Crippen LogP contribution in [0.3, 0.4) is 0 Å². The summed E-state index contributed by atoms with van der Waals surface area (Å²) in [5.74, 6) is 0.178. The molecule has 0 bridgehead atoms. The number of carbonyl (C=O) groups excluding carboxylic acids is 2. The number of nitrogens with one attached hydrogen (secondary N) is 2. The summed E-state index contributed by atoms with van der Waals surface area (Å²) in [5, 5.41) is 29.4. The molecule has 0 fully saturated rings. The fourth-order valence-electron chi connectivity index (χ4n) is 3.79. The normalized spacial score (nSPS) is 13.2. The minimum absolute atomic E-state index is 0.174. The lowest BCUT2D eigenvalue weighted by Gasteiger charge is -2.11. The van der Waals surface area contributed by atoms with Gasteiger partial charge in [0.25, 0.3) is 0 Å². The number of thiophene rings is 1. The number of unbranched alkanes of at least 4 members (excludes halogenated alkanes) is 1. The van der Waals surface area contributed by atoms with Gasteiger partial charge in [-0.15, -0.1) is 11.3 Å². The number of hydrogen-bond acceptors (Lipinski definition) is 9. The molecule has 2 aromatic heterocycles. The van der Waals surface area contributed by atoms with E-state index in [1.807, 2.05) is 42.5 Å². The van der Waals surface area contributed by atoms with Crippen LogP contribution in [0.5, 0.6) is 0 Å². The first-order valence-electron chi connectivity index (χ1n) is 12.7. The molecule has 40 heavy (non-hydrogen) atoms. The number of aliphatic hydroxyl groups is 1. The number of aliphatic hydroxyl groups excluding tert-OH is 1. The van der Waals surface area contributed by atoms with Crippen molar-refractivity contribution in [1.82, 2.24) is 10.5 Å². The van der Waals surface area contributed by atoms with Crippen molar-refractivity contribution in [2.45, 2.75) is 38.3 Å². The number of amides is 1. The molecular formula is C30H32N4O5S. The van der Waals surface area contributed by atoms with E-state index in [1.54, 1.807) is 32.3 Å². The standard InChI is InChI=1S/C30H32N4O5S/c1-4-23(13-9-8-10-20(2)29(37)32-24(19-36)14-15-35)33-30-22(18-31)16-27(40-30)28(38-3)26-17-25(34-39-26)21-11-6-5-7-12-21/h4-7,10-13,16-17,19,24,28,33,35H,1,8-9,14-15H2,2-3H3,(H,32,37)/b20-10+,23-13+. The van der Waals surface area contributed by atoms with Gasteiger partial charge in [-0.3, -0.25) is 4.79 Å². The van der Waals surface area contributed by atoms with Crippen molar-refractivity contribution in [3.63, 3.8) is 0 Å². The van der Waals surface area contributed by atoms with E-state index in [0.717, 1.165) is 10.4 Å². The Morgan fingerprint density at radius 2 is 2.02 bits per heavy atom. The molecule has 3 rings (SSSR count). The van der Waals surface area contributed by atoms with Gasteiger partial charge >= 0.3 is 0 Å². The zero-order valence-electron chi connectivity index (χ0n) is 22.4. The summed E-state index contributed by atoms with van der Waals surface area (Å²) >= 11 is 1.37. The fraction of sp³-hybridized carbons (Fsp3) is 0.267. The van der Waals surface area contributed by atoms with Crippen molar-refractivity contribution in [3.05, 3.63) is 94.7 Å². The monoisotopic (exact) mass is 560 g/mol.